The Morgan fingerprint density at radius 2 is 1.27 bits per heavy atom. The molecule has 1 aromatic heterocycles. The van der Waals surface area contributed by atoms with Crippen LogP contribution < -0.4 is 0 Å². The van der Waals surface area contributed by atoms with E-state index in [0.717, 1.165) is 0 Å². The first-order valence-corrected chi connectivity index (χ1v) is 11.4. The molecule has 0 radical (unpaired) electrons. The van der Waals surface area contributed by atoms with Gasteiger partial charge in [-0.2, -0.15) is 0 Å². The van der Waals surface area contributed by atoms with Gasteiger partial charge in [0.1, 0.15) is 0 Å². The van der Waals surface area contributed by atoms with Gasteiger partial charge in [0.25, 0.3) is 0 Å². The molecule has 0 atom stereocenters. The number of hydrogen-bond acceptors (Lipinski definition) is 1. The summed E-state index contributed by atoms with van der Waals surface area (Å²) >= 11 is 6.72. The number of halogens is 2. The Bertz CT molecular complexity index is 1050. The molecule has 0 unspecified atom stereocenters. The van der Waals surface area contributed by atoms with Crippen molar-refractivity contribution in [1.29, 1.82) is 0 Å². The molecule has 0 aliphatic heterocycles. The van der Waals surface area contributed by atoms with E-state index in [0.29, 0.717) is 0 Å². The molecule has 26 heavy (non-hydrogen) atoms. The molecule has 0 fully saturated rings. The molecule has 4 aromatic rings. The summed E-state index contributed by atoms with van der Waals surface area (Å²) in [6, 6.07) is 29.2. The summed E-state index contributed by atoms with van der Waals surface area (Å²) in [4.78, 5) is 1.38. The third-order valence-electron chi connectivity index (χ3n) is 5.16. The van der Waals surface area contributed by atoms with Gasteiger partial charge >= 0.3 is 0 Å². The Hall–Kier alpha value is -1.18. The maximum Gasteiger partial charge on any atom is 0.0807 e. The summed E-state index contributed by atoms with van der Waals surface area (Å²) in [7, 11) is 0. The quantitative estimate of drug-likeness (QED) is 0.193. The normalized spacial score (nSPS) is 14.1. The van der Waals surface area contributed by atoms with E-state index < -0.39 is 0 Å². The van der Waals surface area contributed by atoms with Gasteiger partial charge in [-0.05, 0) is 109 Å². The number of hydrogen-bond donors (Lipinski definition) is 0. The summed E-state index contributed by atoms with van der Waals surface area (Å²) < 4.78 is 2.56. The van der Waals surface area contributed by atoms with E-state index in [1.807, 2.05) is 11.3 Å². The number of benzene rings is 3. The molecule has 0 amide bonds. The third kappa shape index (κ3) is 2.36. The van der Waals surface area contributed by atoms with Gasteiger partial charge < -0.3 is 0 Å². The monoisotopic (exact) mass is 576 g/mol. The summed E-state index contributed by atoms with van der Waals surface area (Å²) in [6.45, 7) is 0. The van der Waals surface area contributed by atoms with Gasteiger partial charge in [0.05, 0.1) is 5.41 Å². The van der Waals surface area contributed by atoms with Crippen LogP contribution in [0, 0.1) is 7.14 Å². The van der Waals surface area contributed by atoms with E-state index in [1.165, 1.54) is 39.8 Å². The van der Waals surface area contributed by atoms with Gasteiger partial charge in [-0.25, -0.2) is 0 Å². The topological polar surface area (TPSA) is 0 Å². The molecule has 0 nitrogen and oxygen atoms in total. The molecule has 0 N–H and O–H groups in total. The van der Waals surface area contributed by atoms with Crippen molar-refractivity contribution in [2.24, 2.45) is 0 Å². The molecule has 5 rings (SSSR count). The Morgan fingerprint density at radius 1 is 0.654 bits per heavy atom. The molecule has 3 heteroatoms. The second-order valence-corrected chi connectivity index (χ2v) is 9.91. The maximum absolute atomic E-state index is 2.44. The predicted molar refractivity (Wildman–Crippen MR) is 127 cm³/mol. The van der Waals surface area contributed by atoms with Gasteiger partial charge in [0, 0.05) is 12.0 Å². The largest absolute Gasteiger partial charge is 0.147 e. The van der Waals surface area contributed by atoms with Crippen LogP contribution in [0.5, 0.6) is 0 Å². The second kappa shape index (κ2) is 6.46. The molecule has 0 saturated heterocycles. The molecule has 1 aliphatic carbocycles. The van der Waals surface area contributed by atoms with Crippen LogP contribution in [0.3, 0.4) is 0 Å². The molecular weight excluding hydrogens is 562 g/mol. The lowest BCUT2D eigenvalue weighted by Crippen LogP contribution is -2.27. The van der Waals surface area contributed by atoms with Crippen molar-refractivity contribution in [2.75, 3.05) is 0 Å². The van der Waals surface area contributed by atoms with E-state index in [4.69, 9.17) is 0 Å². The molecule has 3 aromatic carbocycles. The highest BCUT2D eigenvalue weighted by molar-refractivity contribution is 14.1. The van der Waals surface area contributed by atoms with Crippen molar-refractivity contribution < 1.29 is 0 Å². The first kappa shape index (κ1) is 17.0. The zero-order valence-electron chi connectivity index (χ0n) is 13.7. The van der Waals surface area contributed by atoms with E-state index in [2.05, 4.69) is 129 Å². The van der Waals surface area contributed by atoms with Gasteiger partial charge in [-0.1, -0.05) is 48.5 Å². The molecule has 0 bridgehead atoms. The lowest BCUT2D eigenvalue weighted by Gasteiger charge is -2.32. The second-order valence-electron chi connectivity index (χ2n) is 6.47. The van der Waals surface area contributed by atoms with Crippen LogP contribution in [0.4, 0.5) is 0 Å². The fourth-order valence-corrected chi connectivity index (χ4v) is 6.12. The van der Waals surface area contributed by atoms with Crippen LogP contribution in [0.2, 0.25) is 0 Å². The summed E-state index contributed by atoms with van der Waals surface area (Å²) in [5.41, 5.74) is 6.61. The standard InChI is InChI=1S/C23H14I2S/c24-16-8-10-18-19-11-9-17(25)14-21(19)23(20(18)13-16,22-7-4-12-26-22)15-5-2-1-3-6-15/h1-14H. The van der Waals surface area contributed by atoms with Crippen LogP contribution in [0.1, 0.15) is 21.6 Å². The fourth-order valence-electron chi connectivity index (χ4n) is 4.17. The Kier molecular flexibility index (Phi) is 4.21. The SMILES string of the molecule is Ic1ccc2c(c1)C(c1ccccc1)(c1cccs1)c1cc(I)ccc1-2. The molecular formula is C23H14I2S. The predicted octanol–water partition coefficient (Wildman–Crippen LogP) is 7.32. The lowest BCUT2D eigenvalue weighted by molar-refractivity contribution is 0.786. The lowest BCUT2D eigenvalue weighted by atomic mass is 9.71. The van der Waals surface area contributed by atoms with Crippen LogP contribution in [-0.4, -0.2) is 0 Å². The molecule has 126 valence electrons. The van der Waals surface area contributed by atoms with Crippen molar-refractivity contribution in [3.63, 3.8) is 0 Å². The molecule has 0 spiro atoms. The summed E-state index contributed by atoms with van der Waals surface area (Å²) in [6.07, 6.45) is 0. The van der Waals surface area contributed by atoms with Crippen molar-refractivity contribution >= 4 is 56.5 Å². The molecule has 1 aliphatic rings. The van der Waals surface area contributed by atoms with E-state index in [1.54, 1.807) is 0 Å². The molecule has 1 heterocycles. The molecule has 0 saturated carbocycles. The fraction of sp³-hybridized carbons (Fsp3) is 0.0435. The average molecular weight is 576 g/mol. The minimum absolute atomic E-state index is 0.234. The highest BCUT2D eigenvalue weighted by atomic mass is 127. The van der Waals surface area contributed by atoms with Crippen LogP contribution in [0.25, 0.3) is 11.1 Å². The number of fused-ring (bicyclic) bond motifs is 3. The minimum atomic E-state index is -0.234. The van der Waals surface area contributed by atoms with Gasteiger partial charge in [-0.3, -0.25) is 0 Å². The number of thiophene rings is 1. The van der Waals surface area contributed by atoms with E-state index in [-0.39, 0.29) is 5.41 Å². The zero-order valence-corrected chi connectivity index (χ0v) is 18.9. The average Bonchev–Trinajstić information content (AvgIpc) is 3.27. The smallest absolute Gasteiger partial charge is 0.0807 e. The first-order chi connectivity index (χ1) is 12.7. The van der Waals surface area contributed by atoms with E-state index in [9.17, 15) is 0 Å². The van der Waals surface area contributed by atoms with Gasteiger partial charge in [-0.15, -0.1) is 11.3 Å². The van der Waals surface area contributed by atoms with Crippen LogP contribution in [0.15, 0.2) is 84.2 Å². The highest BCUT2D eigenvalue weighted by Gasteiger charge is 2.46. The van der Waals surface area contributed by atoms with Crippen molar-refractivity contribution in [2.45, 2.75) is 5.41 Å². The highest BCUT2D eigenvalue weighted by Crippen LogP contribution is 2.57. The zero-order chi connectivity index (χ0) is 17.7. The number of rotatable bonds is 2. The van der Waals surface area contributed by atoms with E-state index >= 15 is 0 Å². The maximum atomic E-state index is 2.44. The van der Waals surface area contributed by atoms with Crippen molar-refractivity contribution in [1.82, 2.24) is 0 Å². The third-order valence-corrected chi connectivity index (χ3v) is 7.49. The summed E-state index contributed by atoms with van der Waals surface area (Å²) in [5.74, 6) is 0. The van der Waals surface area contributed by atoms with Crippen molar-refractivity contribution in [3.8, 4) is 11.1 Å². The van der Waals surface area contributed by atoms with Crippen molar-refractivity contribution in [3.05, 3.63) is 113 Å². The van der Waals surface area contributed by atoms with Crippen LogP contribution >= 0.6 is 56.5 Å². The Balaban J connectivity index is 2.00. The Labute approximate surface area is 184 Å². The first-order valence-electron chi connectivity index (χ1n) is 8.41. The minimum Gasteiger partial charge on any atom is -0.147 e. The van der Waals surface area contributed by atoms with Crippen LogP contribution in [-0.2, 0) is 5.41 Å². The van der Waals surface area contributed by atoms with Gasteiger partial charge in [0.2, 0.25) is 0 Å². The Morgan fingerprint density at radius 3 is 1.81 bits per heavy atom. The van der Waals surface area contributed by atoms with Gasteiger partial charge in [0.15, 0.2) is 0 Å². The summed E-state index contributed by atoms with van der Waals surface area (Å²) in [5, 5.41) is 2.19.